The van der Waals surface area contributed by atoms with Crippen LogP contribution in [0.15, 0.2) is 18.2 Å². The summed E-state index contributed by atoms with van der Waals surface area (Å²) in [5.74, 6) is -0.504. The smallest absolute Gasteiger partial charge is 0.269 e. The van der Waals surface area contributed by atoms with Crippen LogP contribution in [0.3, 0.4) is 0 Å². The minimum atomic E-state index is -0.662. The predicted octanol–water partition coefficient (Wildman–Crippen LogP) is 2.86. The van der Waals surface area contributed by atoms with Gasteiger partial charge in [-0.2, -0.15) is 5.10 Å². The first-order chi connectivity index (χ1) is 15.6. The van der Waals surface area contributed by atoms with Crippen molar-refractivity contribution < 1.29 is 14.4 Å². The van der Waals surface area contributed by atoms with Crippen LogP contribution < -0.4 is 11.1 Å². The molecule has 0 bridgehead atoms. The number of aromatic nitrogens is 2. The molecule has 0 unspecified atom stereocenters. The zero-order valence-electron chi connectivity index (χ0n) is 19.0. The lowest BCUT2D eigenvalue weighted by molar-refractivity contribution is -0.140. The van der Waals surface area contributed by atoms with Crippen molar-refractivity contribution in [1.82, 2.24) is 20.0 Å². The van der Waals surface area contributed by atoms with Gasteiger partial charge in [-0.25, -0.2) is 0 Å². The summed E-state index contributed by atoms with van der Waals surface area (Å²) in [6, 6.07) is 4.82. The van der Waals surface area contributed by atoms with Crippen molar-refractivity contribution in [2.75, 3.05) is 0 Å². The van der Waals surface area contributed by atoms with E-state index in [1.165, 1.54) is 11.1 Å². The van der Waals surface area contributed by atoms with Crippen LogP contribution in [0.4, 0.5) is 0 Å². The highest BCUT2D eigenvalue weighted by Gasteiger charge is 2.56. The Kier molecular flexibility index (Phi) is 5.39. The Balaban J connectivity index is 1.34. The third-order valence-electron chi connectivity index (χ3n) is 7.48. The van der Waals surface area contributed by atoms with E-state index in [2.05, 4.69) is 24.3 Å². The second-order valence-electron chi connectivity index (χ2n) is 10.6. The summed E-state index contributed by atoms with van der Waals surface area (Å²) in [5, 5.41) is 8.55. The molecule has 3 N–H and O–H groups in total. The molecule has 1 saturated heterocycles. The van der Waals surface area contributed by atoms with Crippen LogP contribution in [0.1, 0.15) is 62.9 Å². The number of nitrogens with two attached hydrogens (primary N) is 1. The van der Waals surface area contributed by atoms with Crippen LogP contribution >= 0.6 is 11.6 Å². The lowest BCUT2D eigenvalue weighted by Gasteiger charge is -2.36. The van der Waals surface area contributed by atoms with Gasteiger partial charge in [-0.1, -0.05) is 31.9 Å². The van der Waals surface area contributed by atoms with Gasteiger partial charge in [0, 0.05) is 22.5 Å². The molecule has 1 aromatic heterocycles. The van der Waals surface area contributed by atoms with Gasteiger partial charge in [0.25, 0.3) is 5.91 Å². The molecule has 4 atom stereocenters. The average Bonchev–Trinajstić information content (AvgIpc) is 3.24. The molecule has 1 aromatic carbocycles. The Morgan fingerprint density at radius 2 is 2.06 bits per heavy atom. The van der Waals surface area contributed by atoms with E-state index in [9.17, 15) is 14.4 Å². The van der Waals surface area contributed by atoms with Crippen LogP contribution in [-0.2, 0) is 16.1 Å². The maximum atomic E-state index is 13.4. The Labute approximate surface area is 197 Å². The lowest BCUT2D eigenvalue weighted by atomic mass is 9.75. The van der Waals surface area contributed by atoms with E-state index in [1.54, 1.807) is 23.1 Å². The Morgan fingerprint density at radius 1 is 1.27 bits per heavy atom. The van der Waals surface area contributed by atoms with Crippen molar-refractivity contribution >= 4 is 40.2 Å². The van der Waals surface area contributed by atoms with Gasteiger partial charge in [-0.3, -0.25) is 19.1 Å². The third-order valence-corrected chi connectivity index (χ3v) is 7.71. The van der Waals surface area contributed by atoms with Crippen LogP contribution in [-0.4, -0.2) is 50.5 Å². The van der Waals surface area contributed by atoms with Gasteiger partial charge in [-0.15, -0.1) is 0 Å². The normalized spacial score (nSPS) is 27.9. The summed E-state index contributed by atoms with van der Waals surface area (Å²) in [4.78, 5) is 40.2. The quantitative estimate of drug-likeness (QED) is 0.698. The first kappa shape index (κ1) is 22.2. The third kappa shape index (κ3) is 4.21. The zero-order valence-corrected chi connectivity index (χ0v) is 19.8. The van der Waals surface area contributed by atoms with E-state index >= 15 is 0 Å². The fraction of sp³-hybridized carbons (Fsp3) is 0.583. The SMILES string of the molecule is CC1(C)CCC[C@@H](NC(=O)[C@@H]2C[C@H]3C[C@H]3N2C(=O)Cn2nc(C(N)=O)c3ccc(Cl)cc32)C1. The van der Waals surface area contributed by atoms with Crippen molar-refractivity contribution in [3.63, 3.8) is 0 Å². The van der Waals surface area contributed by atoms with Crippen LogP contribution in [0.2, 0.25) is 5.02 Å². The summed E-state index contributed by atoms with van der Waals surface area (Å²) < 4.78 is 1.47. The molecule has 8 nitrogen and oxygen atoms in total. The van der Waals surface area contributed by atoms with Crippen molar-refractivity contribution in [2.24, 2.45) is 17.1 Å². The summed E-state index contributed by atoms with van der Waals surface area (Å²) >= 11 is 6.14. The van der Waals surface area contributed by atoms with Crippen molar-refractivity contribution in [1.29, 1.82) is 0 Å². The number of carbonyl (C=O) groups is 3. The van der Waals surface area contributed by atoms with E-state index in [0.717, 1.165) is 25.7 Å². The summed E-state index contributed by atoms with van der Waals surface area (Å²) in [5.41, 5.74) is 6.39. The predicted molar refractivity (Wildman–Crippen MR) is 125 cm³/mol. The molecule has 0 spiro atoms. The van der Waals surface area contributed by atoms with Gasteiger partial charge in [0.05, 0.1) is 5.52 Å². The molecule has 3 fully saturated rings. The number of hydrogen-bond acceptors (Lipinski definition) is 4. The van der Waals surface area contributed by atoms with Crippen LogP contribution in [0.5, 0.6) is 0 Å². The van der Waals surface area contributed by atoms with Gasteiger partial charge >= 0.3 is 0 Å². The number of nitrogens with one attached hydrogen (secondary N) is 1. The molecule has 5 rings (SSSR count). The first-order valence-electron chi connectivity index (χ1n) is 11.7. The van der Waals surface area contributed by atoms with Gasteiger partial charge < -0.3 is 16.0 Å². The van der Waals surface area contributed by atoms with Crippen molar-refractivity contribution in [2.45, 2.75) is 77.0 Å². The average molecular weight is 472 g/mol. The molecule has 3 aliphatic rings. The van der Waals surface area contributed by atoms with E-state index in [4.69, 9.17) is 17.3 Å². The number of amides is 3. The molecule has 3 amide bonds. The number of likely N-dealkylation sites (tertiary alicyclic amines) is 1. The van der Waals surface area contributed by atoms with Gasteiger partial charge in [-0.05, 0) is 61.6 Å². The molecule has 33 heavy (non-hydrogen) atoms. The van der Waals surface area contributed by atoms with E-state index in [-0.39, 0.29) is 41.6 Å². The summed E-state index contributed by atoms with van der Waals surface area (Å²) in [7, 11) is 0. The topological polar surface area (TPSA) is 110 Å². The molecule has 1 aliphatic heterocycles. The van der Waals surface area contributed by atoms with Gasteiger partial charge in [0.15, 0.2) is 5.69 Å². The maximum absolute atomic E-state index is 13.4. The number of hydrogen-bond donors (Lipinski definition) is 2. The molecular formula is C24H30ClN5O3. The Bertz CT molecular complexity index is 1140. The van der Waals surface area contributed by atoms with E-state index in [0.29, 0.717) is 28.3 Å². The number of carbonyl (C=O) groups excluding carboxylic acids is 3. The monoisotopic (exact) mass is 471 g/mol. The minimum Gasteiger partial charge on any atom is -0.364 e. The fourth-order valence-corrected chi connectivity index (χ4v) is 5.99. The summed E-state index contributed by atoms with van der Waals surface area (Å²) in [6.07, 6.45) is 5.86. The summed E-state index contributed by atoms with van der Waals surface area (Å²) in [6.45, 7) is 4.41. The first-order valence-corrected chi connectivity index (χ1v) is 12.1. The van der Waals surface area contributed by atoms with Crippen molar-refractivity contribution in [3.8, 4) is 0 Å². The van der Waals surface area contributed by atoms with Crippen LogP contribution in [0, 0.1) is 11.3 Å². The lowest BCUT2D eigenvalue weighted by Crippen LogP contribution is -2.52. The van der Waals surface area contributed by atoms with E-state index < -0.39 is 11.9 Å². The molecule has 2 aromatic rings. The number of primary amides is 1. The highest BCUT2D eigenvalue weighted by Crippen LogP contribution is 2.48. The highest BCUT2D eigenvalue weighted by atomic mass is 35.5. The molecule has 2 saturated carbocycles. The second kappa shape index (κ2) is 8.01. The second-order valence-corrected chi connectivity index (χ2v) is 11.1. The minimum absolute atomic E-state index is 0.0514. The molecular weight excluding hydrogens is 442 g/mol. The Hall–Kier alpha value is -2.61. The number of benzene rings is 1. The molecule has 2 heterocycles. The number of nitrogens with zero attached hydrogens (tertiary/aromatic N) is 3. The standard InChI is InChI=1S/C24H30ClN5O3/c1-24(2)7-3-4-15(11-24)27-23(33)19-9-13-8-17(13)30(19)20(31)12-29-18-10-14(25)5-6-16(18)21(28-29)22(26)32/h5-6,10,13,15,17,19H,3-4,7-9,11-12H2,1-2H3,(H2,26,32)(H,27,33)/t13-,15-,17-,19+/m1/s1. The largest absolute Gasteiger partial charge is 0.364 e. The molecule has 2 aliphatic carbocycles. The van der Waals surface area contributed by atoms with Gasteiger partial charge in [0.2, 0.25) is 11.8 Å². The number of halogens is 1. The number of rotatable bonds is 5. The molecule has 0 radical (unpaired) electrons. The fourth-order valence-electron chi connectivity index (χ4n) is 5.83. The van der Waals surface area contributed by atoms with Crippen LogP contribution in [0.25, 0.3) is 10.9 Å². The molecule has 9 heteroatoms. The van der Waals surface area contributed by atoms with Gasteiger partial charge in [0.1, 0.15) is 12.6 Å². The van der Waals surface area contributed by atoms with Crippen molar-refractivity contribution in [3.05, 3.63) is 28.9 Å². The maximum Gasteiger partial charge on any atom is 0.269 e. The Morgan fingerprint density at radius 3 is 2.79 bits per heavy atom. The molecule has 176 valence electrons. The van der Waals surface area contributed by atoms with E-state index in [1.807, 2.05) is 0 Å². The zero-order chi connectivity index (χ0) is 23.5. The highest BCUT2D eigenvalue weighted by molar-refractivity contribution is 6.31. The number of fused-ring (bicyclic) bond motifs is 2. The number of piperidine rings is 1.